The van der Waals surface area contributed by atoms with E-state index in [9.17, 15) is 9.50 Å². The minimum absolute atomic E-state index is 0.0623. The summed E-state index contributed by atoms with van der Waals surface area (Å²) in [6.45, 7) is 2.26. The summed E-state index contributed by atoms with van der Waals surface area (Å²) in [5, 5.41) is 9.31. The van der Waals surface area contributed by atoms with E-state index in [2.05, 4.69) is 18.0 Å². The maximum absolute atomic E-state index is 13.9. The summed E-state index contributed by atoms with van der Waals surface area (Å²) in [7, 11) is 0. The Labute approximate surface area is 143 Å². The van der Waals surface area contributed by atoms with E-state index in [4.69, 9.17) is 0 Å². The van der Waals surface area contributed by atoms with Gasteiger partial charge in [-0.25, -0.2) is 4.39 Å². The first-order chi connectivity index (χ1) is 11.7. The van der Waals surface area contributed by atoms with Crippen LogP contribution in [-0.2, 0) is 0 Å². The van der Waals surface area contributed by atoms with Gasteiger partial charge in [0.05, 0.1) is 5.69 Å². The van der Waals surface area contributed by atoms with Crippen molar-refractivity contribution in [3.63, 3.8) is 0 Å². The molecule has 24 heavy (non-hydrogen) atoms. The highest BCUT2D eigenvalue weighted by atomic mass is 19.1. The number of halogens is 1. The van der Waals surface area contributed by atoms with E-state index in [0.717, 1.165) is 12.0 Å². The van der Waals surface area contributed by atoms with Gasteiger partial charge >= 0.3 is 0 Å². The van der Waals surface area contributed by atoms with Crippen LogP contribution in [0, 0.1) is 11.7 Å². The first-order valence-electron chi connectivity index (χ1n) is 9.12. The molecule has 1 aliphatic rings. The van der Waals surface area contributed by atoms with Crippen molar-refractivity contribution in [1.29, 1.82) is 0 Å². The maximum Gasteiger partial charge on any atom is 0.136 e. The molecule has 0 saturated heterocycles. The van der Waals surface area contributed by atoms with Gasteiger partial charge < -0.3 is 5.11 Å². The molecule has 1 aromatic carbocycles. The van der Waals surface area contributed by atoms with Crippen LogP contribution >= 0.6 is 0 Å². The summed E-state index contributed by atoms with van der Waals surface area (Å²) in [6, 6.07) is 8.18. The number of rotatable bonds is 5. The van der Waals surface area contributed by atoms with Crippen molar-refractivity contribution in [3.05, 3.63) is 47.9 Å². The molecule has 128 valence electrons. The van der Waals surface area contributed by atoms with Crippen LogP contribution in [-0.4, -0.2) is 10.1 Å². The zero-order valence-electron chi connectivity index (χ0n) is 14.3. The molecule has 1 aromatic heterocycles. The van der Waals surface area contributed by atoms with Gasteiger partial charge in [0.25, 0.3) is 0 Å². The highest BCUT2D eigenvalue weighted by molar-refractivity contribution is 5.61. The van der Waals surface area contributed by atoms with Gasteiger partial charge in [-0.2, -0.15) is 0 Å². The summed E-state index contributed by atoms with van der Waals surface area (Å²) in [4.78, 5) is 4.46. The number of unbranched alkanes of at least 4 members (excludes halogenated alkanes) is 1. The summed E-state index contributed by atoms with van der Waals surface area (Å²) >= 11 is 0. The highest BCUT2D eigenvalue weighted by Gasteiger charge is 2.22. The average molecular weight is 327 g/mol. The third-order valence-corrected chi connectivity index (χ3v) is 5.30. The highest BCUT2D eigenvalue weighted by Crippen LogP contribution is 2.38. The molecule has 1 fully saturated rings. The minimum Gasteiger partial charge on any atom is -0.508 e. The average Bonchev–Trinajstić information content (AvgIpc) is 2.61. The largest absolute Gasteiger partial charge is 0.508 e. The van der Waals surface area contributed by atoms with Crippen molar-refractivity contribution < 1.29 is 9.50 Å². The van der Waals surface area contributed by atoms with Crippen molar-refractivity contribution >= 4 is 0 Å². The SMILES string of the molecule is CCCCC1CCC(c2ccc(-c3ccc(O)cc3F)nc2)CC1. The maximum atomic E-state index is 13.9. The predicted molar refractivity (Wildman–Crippen MR) is 95.5 cm³/mol. The topological polar surface area (TPSA) is 33.1 Å². The van der Waals surface area contributed by atoms with Crippen LogP contribution in [0.1, 0.15) is 63.4 Å². The van der Waals surface area contributed by atoms with Crippen LogP contribution in [0.25, 0.3) is 11.3 Å². The Balaban J connectivity index is 1.65. The van der Waals surface area contributed by atoms with E-state index in [0.29, 0.717) is 17.2 Å². The van der Waals surface area contributed by atoms with Gasteiger partial charge in [0.15, 0.2) is 0 Å². The third kappa shape index (κ3) is 3.95. The smallest absolute Gasteiger partial charge is 0.136 e. The fraction of sp³-hybridized carbons (Fsp3) is 0.476. The number of hydrogen-bond donors (Lipinski definition) is 1. The molecule has 1 aliphatic carbocycles. The Morgan fingerprint density at radius 2 is 1.92 bits per heavy atom. The zero-order valence-corrected chi connectivity index (χ0v) is 14.3. The zero-order chi connectivity index (χ0) is 16.9. The molecule has 1 heterocycles. The normalized spacial score (nSPS) is 20.9. The Hall–Kier alpha value is -1.90. The number of pyridine rings is 1. The van der Waals surface area contributed by atoms with Gasteiger partial charge in [-0.15, -0.1) is 0 Å². The number of phenols is 1. The fourth-order valence-corrected chi connectivity index (χ4v) is 3.80. The number of aromatic hydroxyl groups is 1. The summed E-state index contributed by atoms with van der Waals surface area (Å²) in [5.74, 6) is 0.994. The van der Waals surface area contributed by atoms with Crippen molar-refractivity contribution in [2.24, 2.45) is 5.92 Å². The lowest BCUT2D eigenvalue weighted by Gasteiger charge is -2.28. The van der Waals surface area contributed by atoms with Crippen LogP contribution in [0.5, 0.6) is 5.75 Å². The number of nitrogens with zero attached hydrogens (tertiary/aromatic N) is 1. The molecule has 1 saturated carbocycles. The molecular weight excluding hydrogens is 301 g/mol. The van der Waals surface area contributed by atoms with Crippen molar-refractivity contribution in [3.8, 4) is 17.0 Å². The molecule has 3 heteroatoms. The van der Waals surface area contributed by atoms with Crippen LogP contribution < -0.4 is 0 Å². The molecule has 2 nitrogen and oxygen atoms in total. The molecule has 3 rings (SSSR count). The fourth-order valence-electron chi connectivity index (χ4n) is 3.80. The summed E-state index contributed by atoms with van der Waals surface area (Å²) in [6.07, 6.45) is 11.0. The Kier molecular flexibility index (Phi) is 5.49. The number of phenolic OH excluding ortho intramolecular Hbond substituents is 1. The molecule has 0 spiro atoms. The van der Waals surface area contributed by atoms with Gasteiger partial charge in [0.2, 0.25) is 0 Å². The number of benzene rings is 1. The first-order valence-corrected chi connectivity index (χ1v) is 9.12. The Morgan fingerprint density at radius 3 is 2.54 bits per heavy atom. The number of aromatic nitrogens is 1. The summed E-state index contributed by atoms with van der Waals surface area (Å²) < 4.78 is 13.9. The van der Waals surface area contributed by atoms with E-state index in [1.54, 1.807) is 6.07 Å². The lowest BCUT2D eigenvalue weighted by molar-refractivity contribution is 0.304. The Bertz CT molecular complexity index is 660. The van der Waals surface area contributed by atoms with Crippen molar-refractivity contribution in [1.82, 2.24) is 4.98 Å². The van der Waals surface area contributed by atoms with Crippen LogP contribution in [0.4, 0.5) is 4.39 Å². The molecule has 0 radical (unpaired) electrons. The van der Waals surface area contributed by atoms with Gasteiger partial charge in [-0.05, 0) is 61.3 Å². The first kappa shape index (κ1) is 16.9. The second-order valence-corrected chi connectivity index (χ2v) is 7.00. The molecule has 0 bridgehead atoms. The number of hydrogen-bond acceptors (Lipinski definition) is 2. The monoisotopic (exact) mass is 327 g/mol. The Morgan fingerprint density at radius 1 is 1.12 bits per heavy atom. The van der Waals surface area contributed by atoms with E-state index < -0.39 is 5.82 Å². The van der Waals surface area contributed by atoms with Crippen LogP contribution in [0.15, 0.2) is 36.5 Å². The van der Waals surface area contributed by atoms with E-state index >= 15 is 0 Å². The van der Waals surface area contributed by atoms with Gasteiger partial charge in [0.1, 0.15) is 11.6 Å². The van der Waals surface area contributed by atoms with Crippen LogP contribution in [0.3, 0.4) is 0 Å². The molecule has 2 aromatic rings. The summed E-state index contributed by atoms with van der Waals surface area (Å²) in [5.41, 5.74) is 2.32. The molecule has 0 amide bonds. The van der Waals surface area contributed by atoms with Gasteiger partial charge in [-0.3, -0.25) is 4.98 Å². The standard InChI is InChI=1S/C21H26FNO/c1-2-3-4-15-5-7-16(8-6-15)17-9-12-21(23-14-17)19-11-10-18(24)13-20(19)22/h9-16,24H,2-8H2,1H3. The van der Waals surface area contributed by atoms with Crippen molar-refractivity contribution in [2.45, 2.75) is 57.8 Å². The molecule has 0 unspecified atom stereocenters. The second-order valence-electron chi connectivity index (χ2n) is 7.00. The van der Waals surface area contributed by atoms with E-state index in [1.807, 2.05) is 12.3 Å². The minimum atomic E-state index is -0.438. The molecule has 1 N–H and O–H groups in total. The quantitative estimate of drug-likeness (QED) is 0.724. The lowest BCUT2D eigenvalue weighted by Crippen LogP contribution is -2.13. The lowest BCUT2D eigenvalue weighted by atomic mass is 9.77. The van der Waals surface area contributed by atoms with Crippen LogP contribution in [0.2, 0.25) is 0 Å². The molecular formula is C21H26FNO. The van der Waals surface area contributed by atoms with Gasteiger partial charge in [0, 0.05) is 17.8 Å². The molecule has 0 aliphatic heterocycles. The van der Waals surface area contributed by atoms with E-state index in [1.165, 1.54) is 56.6 Å². The predicted octanol–water partition coefficient (Wildman–Crippen LogP) is 6.06. The molecule has 0 atom stereocenters. The van der Waals surface area contributed by atoms with E-state index in [-0.39, 0.29) is 5.75 Å². The van der Waals surface area contributed by atoms with Gasteiger partial charge in [-0.1, -0.05) is 32.3 Å². The van der Waals surface area contributed by atoms with Crippen molar-refractivity contribution in [2.75, 3.05) is 0 Å². The third-order valence-electron chi connectivity index (χ3n) is 5.30. The second kappa shape index (κ2) is 7.78.